The molecule has 0 saturated heterocycles. The largest absolute Gasteiger partial charge is 0.468 e. The first-order valence-corrected chi connectivity index (χ1v) is 8.70. The number of benzene rings is 1. The molecule has 1 aromatic carbocycles. The van der Waals surface area contributed by atoms with E-state index >= 15 is 0 Å². The molecule has 0 radical (unpaired) electrons. The highest BCUT2D eigenvalue weighted by molar-refractivity contribution is 5.94. The summed E-state index contributed by atoms with van der Waals surface area (Å²) in [7, 11) is 2.58. The summed E-state index contributed by atoms with van der Waals surface area (Å²) in [5.74, 6) is -0.586. The van der Waals surface area contributed by atoms with Gasteiger partial charge in [0.1, 0.15) is 11.5 Å². The number of carbonyl (C=O) groups is 2. The zero-order valence-corrected chi connectivity index (χ0v) is 15.5. The predicted molar refractivity (Wildman–Crippen MR) is 99.8 cm³/mol. The minimum Gasteiger partial charge on any atom is -0.468 e. The average molecular weight is 378 g/mol. The maximum absolute atomic E-state index is 12.9. The standard InChI is InChI=1S/C21H18N2O5/c1-4-12-10-21(20(25)27-3)11-17-16(9-13(18(21)28-12)19(24)26-2)22-14-7-5-6-8-15(14)23-17/h4-8,10H,1,9,11H2,2-3H3. The van der Waals surface area contributed by atoms with Gasteiger partial charge in [-0.05, 0) is 24.3 Å². The van der Waals surface area contributed by atoms with Gasteiger partial charge in [0, 0.05) is 12.8 Å². The van der Waals surface area contributed by atoms with E-state index in [0.29, 0.717) is 28.2 Å². The third-order valence-electron chi connectivity index (χ3n) is 4.99. The van der Waals surface area contributed by atoms with E-state index in [4.69, 9.17) is 19.2 Å². The second-order valence-electron chi connectivity index (χ2n) is 6.57. The number of hydrogen-bond donors (Lipinski definition) is 0. The van der Waals surface area contributed by atoms with E-state index in [1.807, 2.05) is 24.3 Å². The lowest BCUT2D eigenvalue weighted by Crippen LogP contribution is -2.34. The molecule has 1 unspecified atom stereocenters. The van der Waals surface area contributed by atoms with Gasteiger partial charge >= 0.3 is 11.9 Å². The number of carbonyl (C=O) groups excluding carboxylic acids is 2. The maximum atomic E-state index is 12.9. The molecular weight excluding hydrogens is 360 g/mol. The smallest absolute Gasteiger partial charge is 0.337 e. The molecule has 1 atom stereocenters. The first kappa shape index (κ1) is 17.9. The van der Waals surface area contributed by atoms with Gasteiger partial charge in [0.05, 0.1) is 42.2 Å². The molecule has 142 valence electrons. The van der Waals surface area contributed by atoms with Gasteiger partial charge in [0.25, 0.3) is 0 Å². The van der Waals surface area contributed by atoms with Gasteiger partial charge in [-0.2, -0.15) is 0 Å². The summed E-state index contributed by atoms with van der Waals surface area (Å²) < 4.78 is 15.9. The van der Waals surface area contributed by atoms with Crippen LogP contribution in [0.3, 0.4) is 0 Å². The lowest BCUT2D eigenvalue weighted by Gasteiger charge is -2.24. The molecular formula is C21H18N2O5. The quantitative estimate of drug-likeness (QED) is 0.758. The monoisotopic (exact) mass is 378 g/mol. The zero-order valence-electron chi connectivity index (χ0n) is 15.5. The van der Waals surface area contributed by atoms with Crippen molar-refractivity contribution in [2.45, 2.75) is 12.8 Å². The molecule has 4 rings (SSSR count). The van der Waals surface area contributed by atoms with Crippen LogP contribution in [0.25, 0.3) is 11.0 Å². The molecule has 0 saturated carbocycles. The third-order valence-corrected chi connectivity index (χ3v) is 4.99. The van der Waals surface area contributed by atoms with E-state index in [1.54, 1.807) is 6.08 Å². The fourth-order valence-electron chi connectivity index (χ4n) is 3.67. The summed E-state index contributed by atoms with van der Waals surface area (Å²) in [6, 6.07) is 7.44. The van der Waals surface area contributed by atoms with E-state index in [0.717, 1.165) is 0 Å². The second kappa shape index (κ2) is 6.60. The van der Waals surface area contributed by atoms with Gasteiger partial charge in [0.15, 0.2) is 5.41 Å². The summed E-state index contributed by atoms with van der Waals surface area (Å²) in [4.78, 5) is 34.9. The fraction of sp³-hybridized carbons (Fsp3) is 0.238. The normalized spacial score (nSPS) is 20.4. The number of methoxy groups -OCH3 is 2. The Balaban J connectivity index is 2.01. The van der Waals surface area contributed by atoms with Crippen molar-refractivity contribution in [2.75, 3.05) is 14.2 Å². The van der Waals surface area contributed by atoms with E-state index in [2.05, 4.69) is 11.6 Å². The van der Waals surface area contributed by atoms with Crippen molar-refractivity contribution in [3.8, 4) is 0 Å². The third kappa shape index (κ3) is 2.58. The Hall–Kier alpha value is -3.48. The molecule has 2 aromatic rings. The molecule has 0 bridgehead atoms. The average Bonchev–Trinajstić information content (AvgIpc) is 3.04. The number of esters is 2. The van der Waals surface area contributed by atoms with Crippen LogP contribution in [-0.4, -0.2) is 36.1 Å². The Labute approximate surface area is 161 Å². The molecule has 1 aromatic heterocycles. The Bertz CT molecular complexity index is 1090. The molecule has 2 aliphatic rings. The minimum absolute atomic E-state index is 0.131. The molecule has 2 heterocycles. The number of aromatic nitrogens is 2. The number of fused-ring (bicyclic) bond motifs is 3. The lowest BCUT2D eigenvalue weighted by atomic mass is 9.81. The van der Waals surface area contributed by atoms with Gasteiger partial charge in [-0.3, -0.25) is 4.79 Å². The second-order valence-corrected chi connectivity index (χ2v) is 6.57. The first-order chi connectivity index (χ1) is 13.5. The predicted octanol–water partition coefficient (Wildman–Crippen LogP) is 2.42. The summed E-state index contributed by atoms with van der Waals surface area (Å²) in [6.07, 6.45) is 3.39. The Morgan fingerprint density at radius 1 is 1.14 bits per heavy atom. The van der Waals surface area contributed by atoms with Crippen LogP contribution in [0.15, 0.2) is 60.1 Å². The van der Waals surface area contributed by atoms with Gasteiger partial charge < -0.3 is 14.2 Å². The van der Waals surface area contributed by atoms with Crippen molar-refractivity contribution >= 4 is 23.0 Å². The molecule has 7 heteroatoms. The Morgan fingerprint density at radius 3 is 2.43 bits per heavy atom. The highest BCUT2D eigenvalue weighted by atomic mass is 16.5. The Morgan fingerprint density at radius 2 is 1.82 bits per heavy atom. The van der Waals surface area contributed by atoms with Gasteiger partial charge in [-0.15, -0.1) is 0 Å². The van der Waals surface area contributed by atoms with Crippen molar-refractivity contribution in [2.24, 2.45) is 5.41 Å². The highest BCUT2D eigenvalue weighted by Gasteiger charge is 2.52. The van der Waals surface area contributed by atoms with E-state index < -0.39 is 17.4 Å². The van der Waals surface area contributed by atoms with Crippen molar-refractivity contribution < 1.29 is 23.8 Å². The van der Waals surface area contributed by atoms with Crippen LogP contribution < -0.4 is 0 Å². The van der Waals surface area contributed by atoms with Crippen molar-refractivity contribution in [3.63, 3.8) is 0 Å². The number of nitrogens with zero attached hydrogens (tertiary/aromatic N) is 2. The molecule has 28 heavy (non-hydrogen) atoms. The number of hydrogen-bond acceptors (Lipinski definition) is 7. The number of allylic oxidation sites excluding steroid dienone is 1. The van der Waals surface area contributed by atoms with Crippen LogP contribution in [0.1, 0.15) is 11.4 Å². The summed E-state index contributed by atoms with van der Waals surface area (Å²) in [5, 5.41) is 0. The summed E-state index contributed by atoms with van der Waals surface area (Å²) >= 11 is 0. The van der Waals surface area contributed by atoms with Crippen LogP contribution in [0, 0.1) is 5.41 Å². The Kier molecular flexibility index (Phi) is 4.22. The fourth-order valence-corrected chi connectivity index (χ4v) is 3.67. The van der Waals surface area contributed by atoms with Crippen LogP contribution in [0.5, 0.6) is 0 Å². The molecule has 0 amide bonds. The highest BCUT2D eigenvalue weighted by Crippen LogP contribution is 2.47. The summed E-state index contributed by atoms with van der Waals surface area (Å²) in [6.45, 7) is 3.70. The van der Waals surface area contributed by atoms with E-state index in [-0.39, 0.29) is 24.2 Å². The minimum atomic E-state index is -1.33. The van der Waals surface area contributed by atoms with Crippen molar-refractivity contribution in [1.29, 1.82) is 0 Å². The number of rotatable bonds is 3. The molecule has 0 fully saturated rings. The SMILES string of the molecule is C=CC1=CC2(C(=O)OC)Cc3nc4ccccc4nc3CC(C(=O)OC)=C2O1. The topological polar surface area (TPSA) is 87.6 Å². The number of para-hydroxylation sites is 2. The van der Waals surface area contributed by atoms with Crippen molar-refractivity contribution in [3.05, 3.63) is 71.5 Å². The van der Waals surface area contributed by atoms with Crippen molar-refractivity contribution in [1.82, 2.24) is 9.97 Å². The lowest BCUT2D eigenvalue weighted by molar-refractivity contribution is -0.148. The molecule has 7 nitrogen and oxygen atoms in total. The van der Waals surface area contributed by atoms with Crippen LogP contribution >= 0.6 is 0 Å². The molecule has 1 aliphatic carbocycles. The first-order valence-electron chi connectivity index (χ1n) is 8.70. The summed E-state index contributed by atoms with van der Waals surface area (Å²) in [5.41, 5.74) is 1.50. The molecule has 1 aliphatic heterocycles. The number of ether oxygens (including phenoxy) is 3. The van der Waals surface area contributed by atoms with Crippen LogP contribution in [0.4, 0.5) is 0 Å². The zero-order chi connectivity index (χ0) is 19.9. The molecule has 0 N–H and O–H groups in total. The van der Waals surface area contributed by atoms with Gasteiger partial charge in [0.2, 0.25) is 0 Å². The van der Waals surface area contributed by atoms with Gasteiger partial charge in [-0.1, -0.05) is 18.7 Å². The molecule has 0 spiro atoms. The van der Waals surface area contributed by atoms with Crippen LogP contribution in [0.2, 0.25) is 0 Å². The van der Waals surface area contributed by atoms with E-state index in [1.165, 1.54) is 20.3 Å². The van der Waals surface area contributed by atoms with Gasteiger partial charge in [-0.25, -0.2) is 14.8 Å². The van der Waals surface area contributed by atoms with Crippen LogP contribution in [-0.2, 0) is 36.6 Å². The maximum Gasteiger partial charge on any atom is 0.337 e. The van der Waals surface area contributed by atoms with E-state index in [9.17, 15) is 9.59 Å².